The summed E-state index contributed by atoms with van der Waals surface area (Å²) in [5.41, 5.74) is 0. The zero-order chi connectivity index (χ0) is 8.59. The van der Waals surface area contributed by atoms with E-state index in [1.165, 1.54) is 0 Å². The van der Waals surface area contributed by atoms with Gasteiger partial charge in [-0.2, -0.15) is 0 Å². The quantitative estimate of drug-likeness (QED) is 0.580. The van der Waals surface area contributed by atoms with E-state index >= 15 is 0 Å². The Hall–Kier alpha value is 1.19. The maximum absolute atomic E-state index is 5.83. The smallest absolute Gasteiger partial charge is 0.0867 e. The van der Waals surface area contributed by atoms with Gasteiger partial charge < -0.3 is 0 Å². The lowest BCUT2D eigenvalue weighted by Crippen LogP contribution is -2.36. The van der Waals surface area contributed by atoms with Crippen molar-refractivity contribution < 1.29 is 0 Å². The van der Waals surface area contributed by atoms with Gasteiger partial charge >= 0.3 is 0 Å². The van der Waals surface area contributed by atoms with Crippen LogP contribution >= 0.6 is 58.0 Å². The molecule has 0 fully saturated rings. The zero-order valence-electron chi connectivity index (χ0n) is 5.28. The number of alkyl halides is 4. The van der Waals surface area contributed by atoms with E-state index in [0.29, 0.717) is 5.03 Å². The molecule has 0 aromatic rings. The van der Waals surface area contributed by atoms with E-state index < -0.39 is 10.8 Å². The first-order chi connectivity index (χ1) is 5.04. The summed E-state index contributed by atoms with van der Waals surface area (Å²) in [6.07, 6.45) is 1.62. The van der Waals surface area contributed by atoms with E-state index in [1.807, 2.05) is 0 Å². The summed E-state index contributed by atoms with van der Waals surface area (Å²) in [5.74, 6) is 0. The second kappa shape index (κ2) is 3.93. The fourth-order valence-electron chi connectivity index (χ4n) is 0.825. The van der Waals surface area contributed by atoms with E-state index in [1.54, 1.807) is 6.08 Å². The fourth-order valence-corrected chi connectivity index (χ4v) is 2.41. The molecule has 1 rings (SSSR count). The third kappa shape index (κ3) is 2.10. The largest absolute Gasteiger partial charge is 0.119 e. The standard InChI is InChI=1S/C6H5Cl5/c7-2-1-3(8)5(10)6(11)4(2)9/h1-2,4-6H. The lowest BCUT2D eigenvalue weighted by Gasteiger charge is -2.27. The minimum Gasteiger partial charge on any atom is -0.119 e. The van der Waals surface area contributed by atoms with Gasteiger partial charge in [-0.05, 0) is 6.08 Å². The molecule has 1 aliphatic carbocycles. The highest BCUT2D eigenvalue weighted by molar-refractivity contribution is 6.44. The van der Waals surface area contributed by atoms with Crippen molar-refractivity contribution in [3.63, 3.8) is 0 Å². The van der Waals surface area contributed by atoms with Crippen molar-refractivity contribution in [2.75, 3.05) is 0 Å². The summed E-state index contributed by atoms with van der Waals surface area (Å²) in [6.45, 7) is 0. The first kappa shape index (κ1) is 10.3. The van der Waals surface area contributed by atoms with Crippen LogP contribution in [0, 0.1) is 0 Å². The van der Waals surface area contributed by atoms with Gasteiger partial charge in [0.1, 0.15) is 0 Å². The maximum Gasteiger partial charge on any atom is 0.0867 e. The van der Waals surface area contributed by atoms with Crippen molar-refractivity contribution in [3.8, 4) is 0 Å². The molecule has 0 aromatic carbocycles. The van der Waals surface area contributed by atoms with Crippen LogP contribution in [0.4, 0.5) is 0 Å². The van der Waals surface area contributed by atoms with Crippen LogP contribution in [0.5, 0.6) is 0 Å². The van der Waals surface area contributed by atoms with Gasteiger partial charge in [-0.25, -0.2) is 0 Å². The Morgan fingerprint density at radius 1 is 1.00 bits per heavy atom. The van der Waals surface area contributed by atoms with Crippen LogP contribution in [0.15, 0.2) is 11.1 Å². The molecule has 0 nitrogen and oxygen atoms in total. The molecule has 0 spiro atoms. The summed E-state index contributed by atoms with van der Waals surface area (Å²) in [4.78, 5) is 0. The third-order valence-corrected chi connectivity index (χ3v) is 4.30. The van der Waals surface area contributed by atoms with E-state index in [2.05, 4.69) is 0 Å². The van der Waals surface area contributed by atoms with Crippen LogP contribution in [0.25, 0.3) is 0 Å². The summed E-state index contributed by atoms with van der Waals surface area (Å²) >= 11 is 29.0. The van der Waals surface area contributed by atoms with Crippen LogP contribution in [-0.2, 0) is 0 Å². The average molecular weight is 254 g/mol. The van der Waals surface area contributed by atoms with Gasteiger partial charge in [0, 0.05) is 5.03 Å². The molecule has 4 atom stereocenters. The van der Waals surface area contributed by atoms with Crippen molar-refractivity contribution >= 4 is 58.0 Å². The Bertz CT molecular complexity index is 178. The second-order valence-electron chi connectivity index (χ2n) is 2.29. The molecule has 0 heterocycles. The molecule has 1 aliphatic rings. The second-order valence-corrected chi connectivity index (χ2v) is 4.71. The molecule has 0 aliphatic heterocycles. The zero-order valence-corrected chi connectivity index (χ0v) is 9.06. The highest BCUT2D eigenvalue weighted by Crippen LogP contribution is 2.35. The molecule has 0 N–H and O–H groups in total. The molecule has 0 bridgehead atoms. The van der Waals surface area contributed by atoms with E-state index in [-0.39, 0.29) is 10.8 Å². The predicted octanol–water partition coefficient (Wildman–Crippen LogP) is 3.55. The van der Waals surface area contributed by atoms with E-state index in [0.717, 1.165) is 0 Å². The maximum atomic E-state index is 5.83. The highest BCUT2D eigenvalue weighted by atomic mass is 35.5. The van der Waals surface area contributed by atoms with Crippen molar-refractivity contribution in [1.82, 2.24) is 0 Å². The summed E-state index contributed by atoms with van der Waals surface area (Å²) < 4.78 is 0. The molecule has 0 saturated heterocycles. The lowest BCUT2D eigenvalue weighted by molar-refractivity contribution is 0.751. The van der Waals surface area contributed by atoms with E-state index in [4.69, 9.17) is 58.0 Å². The molecule has 11 heavy (non-hydrogen) atoms. The predicted molar refractivity (Wildman–Crippen MR) is 52.5 cm³/mol. The molecule has 5 heteroatoms. The van der Waals surface area contributed by atoms with Crippen LogP contribution < -0.4 is 0 Å². The molecule has 0 radical (unpaired) electrons. The SMILES string of the molecule is ClC1=CC(Cl)C(Cl)C(Cl)C1Cl. The summed E-state index contributed by atoms with van der Waals surface area (Å²) in [5, 5.41) is -1.04. The van der Waals surface area contributed by atoms with E-state index in [9.17, 15) is 0 Å². The Balaban J connectivity index is 2.83. The van der Waals surface area contributed by atoms with Crippen LogP contribution in [0.1, 0.15) is 0 Å². The van der Waals surface area contributed by atoms with Crippen molar-refractivity contribution in [1.29, 1.82) is 0 Å². The van der Waals surface area contributed by atoms with Crippen LogP contribution in [0.2, 0.25) is 0 Å². The van der Waals surface area contributed by atoms with Gasteiger partial charge in [0.15, 0.2) is 0 Å². The monoisotopic (exact) mass is 252 g/mol. The van der Waals surface area contributed by atoms with Gasteiger partial charge in [0.2, 0.25) is 0 Å². The lowest BCUT2D eigenvalue weighted by atomic mass is 10.1. The Kier molecular flexibility index (Phi) is 3.67. The molecule has 0 aromatic heterocycles. The van der Waals surface area contributed by atoms with Gasteiger partial charge in [0.25, 0.3) is 0 Å². The minimum atomic E-state index is -0.421. The Morgan fingerprint density at radius 2 is 1.55 bits per heavy atom. The van der Waals surface area contributed by atoms with Crippen LogP contribution in [0.3, 0.4) is 0 Å². The molecule has 0 amide bonds. The summed E-state index contributed by atoms with van der Waals surface area (Å²) in [6, 6.07) is 0. The Labute approximate surface area is 90.4 Å². The molecular formula is C6H5Cl5. The topological polar surface area (TPSA) is 0 Å². The minimum absolute atomic E-state index is 0.332. The number of hydrogen-bond acceptors (Lipinski definition) is 0. The normalized spacial score (nSPS) is 45.4. The van der Waals surface area contributed by atoms with Gasteiger partial charge in [-0.3, -0.25) is 0 Å². The highest BCUT2D eigenvalue weighted by Gasteiger charge is 2.35. The van der Waals surface area contributed by atoms with Gasteiger partial charge in [-0.15, -0.1) is 46.4 Å². The third-order valence-electron chi connectivity index (χ3n) is 1.47. The number of allylic oxidation sites excluding steroid dienone is 2. The molecule has 64 valence electrons. The summed E-state index contributed by atoms with van der Waals surface area (Å²) in [7, 11) is 0. The van der Waals surface area contributed by atoms with Crippen LogP contribution in [-0.4, -0.2) is 21.5 Å². The van der Waals surface area contributed by atoms with Crippen molar-refractivity contribution in [2.45, 2.75) is 21.5 Å². The number of rotatable bonds is 0. The first-order valence-electron chi connectivity index (χ1n) is 2.97. The number of halogens is 5. The van der Waals surface area contributed by atoms with Crippen molar-refractivity contribution in [3.05, 3.63) is 11.1 Å². The van der Waals surface area contributed by atoms with Gasteiger partial charge in [-0.1, -0.05) is 11.6 Å². The fraction of sp³-hybridized carbons (Fsp3) is 0.667. The first-order valence-corrected chi connectivity index (χ1v) is 5.10. The molecule has 4 unspecified atom stereocenters. The average Bonchev–Trinajstić information content (AvgIpc) is 1.97. The molecular weight excluding hydrogens is 249 g/mol. The number of hydrogen-bond donors (Lipinski definition) is 0. The van der Waals surface area contributed by atoms with Gasteiger partial charge in [0.05, 0.1) is 21.5 Å². The molecule has 0 saturated carbocycles. The Morgan fingerprint density at radius 3 is 2.09 bits per heavy atom. The van der Waals surface area contributed by atoms with Crippen molar-refractivity contribution in [2.24, 2.45) is 0 Å².